The molecule has 3 rings (SSSR count). The van der Waals surface area contributed by atoms with Crippen LogP contribution in [0.1, 0.15) is 54.8 Å². The lowest BCUT2D eigenvalue weighted by Gasteiger charge is -2.22. The van der Waals surface area contributed by atoms with Gasteiger partial charge in [0.1, 0.15) is 5.01 Å². The predicted octanol–water partition coefficient (Wildman–Crippen LogP) is 2.85. The van der Waals surface area contributed by atoms with Crippen LogP contribution in [0.25, 0.3) is 0 Å². The molecule has 0 radical (unpaired) electrons. The standard InChI is InChI=1S/C13H20N2OS/c1-2-6-14-11(3-1)13-15-12(9-17-13)10-4-7-16-8-5-10/h9-11,14H,1-8H2. The molecule has 2 aliphatic heterocycles. The Morgan fingerprint density at radius 1 is 1.24 bits per heavy atom. The second-order valence-corrected chi connectivity index (χ2v) is 5.89. The van der Waals surface area contributed by atoms with Gasteiger partial charge in [-0.2, -0.15) is 0 Å². The quantitative estimate of drug-likeness (QED) is 0.879. The summed E-state index contributed by atoms with van der Waals surface area (Å²) in [5.41, 5.74) is 1.31. The van der Waals surface area contributed by atoms with Gasteiger partial charge in [0.2, 0.25) is 0 Å². The van der Waals surface area contributed by atoms with Gasteiger partial charge < -0.3 is 10.1 Å². The van der Waals surface area contributed by atoms with Gasteiger partial charge >= 0.3 is 0 Å². The van der Waals surface area contributed by atoms with Gasteiger partial charge in [-0.05, 0) is 32.2 Å². The monoisotopic (exact) mass is 252 g/mol. The van der Waals surface area contributed by atoms with Gasteiger partial charge in [-0.15, -0.1) is 11.3 Å². The highest BCUT2D eigenvalue weighted by Gasteiger charge is 2.22. The van der Waals surface area contributed by atoms with E-state index in [2.05, 4.69) is 10.7 Å². The Kier molecular flexibility index (Phi) is 3.74. The lowest BCUT2D eigenvalue weighted by molar-refractivity contribution is 0.0846. The van der Waals surface area contributed by atoms with Crippen molar-refractivity contribution in [2.75, 3.05) is 19.8 Å². The van der Waals surface area contributed by atoms with Gasteiger partial charge in [0, 0.05) is 24.5 Å². The normalized spacial score (nSPS) is 27.2. The first kappa shape index (κ1) is 11.6. The number of hydrogen-bond acceptors (Lipinski definition) is 4. The summed E-state index contributed by atoms with van der Waals surface area (Å²) in [5.74, 6) is 0.636. The van der Waals surface area contributed by atoms with Gasteiger partial charge in [-0.3, -0.25) is 0 Å². The molecule has 1 unspecified atom stereocenters. The number of aromatic nitrogens is 1. The minimum absolute atomic E-state index is 0.516. The minimum atomic E-state index is 0.516. The SMILES string of the molecule is c1sc(C2CCCCN2)nc1C1CCOCC1. The van der Waals surface area contributed by atoms with E-state index in [1.165, 1.54) is 30.0 Å². The summed E-state index contributed by atoms with van der Waals surface area (Å²) in [6.07, 6.45) is 6.18. The number of nitrogens with one attached hydrogen (secondary N) is 1. The second-order valence-electron chi connectivity index (χ2n) is 5.00. The average Bonchev–Trinajstić information content (AvgIpc) is 2.90. The van der Waals surface area contributed by atoms with Crippen LogP contribution in [0.3, 0.4) is 0 Å². The molecule has 0 saturated carbocycles. The molecule has 3 heterocycles. The van der Waals surface area contributed by atoms with Crippen molar-refractivity contribution in [2.45, 2.75) is 44.1 Å². The van der Waals surface area contributed by atoms with E-state index in [1.807, 2.05) is 11.3 Å². The minimum Gasteiger partial charge on any atom is -0.381 e. The van der Waals surface area contributed by atoms with E-state index in [-0.39, 0.29) is 0 Å². The first-order valence-corrected chi connectivity index (χ1v) is 7.58. The molecule has 0 aromatic carbocycles. The summed E-state index contributed by atoms with van der Waals surface area (Å²) in [6, 6.07) is 0.516. The third-order valence-corrected chi connectivity index (χ3v) is 4.76. The van der Waals surface area contributed by atoms with Crippen LogP contribution in [0.15, 0.2) is 5.38 Å². The van der Waals surface area contributed by atoms with Crippen LogP contribution in [0.5, 0.6) is 0 Å². The zero-order valence-electron chi connectivity index (χ0n) is 10.2. The molecule has 4 heteroatoms. The molecule has 0 bridgehead atoms. The molecule has 1 aromatic heterocycles. The van der Waals surface area contributed by atoms with Gasteiger partial charge in [0.25, 0.3) is 0 Å². The van der Waals surface area contributed by atoms with Crippen LogP contribution in [0.2, 0.25) is 0 Å². The molecule has 2 aliphatic rings. The molecule has 2 saturated heterocycles. The van der Waals surface area contributed by atoms with Crippen LogP contribution < -0.4 is 5.32 Å². The first-order chi connectivity index (χ1) is 8.43. The molecule has 94 valence electrons. The molecule has 0 amide bonds. The molecule has 0 spiro atoms. The van der Waals surface area contributed by atoms with E-state index in [9.17, 15) is 0 Å². The smallest absolute Gasteiger partial charge is 0.110 e. The second kappa shape index (κ2) is 5.46. The highest BCUT2D eigenvalue weighted by Crippen LogP contribution is 2.31. The van der Waals surface area contributed by atoms with Gasteiger partial charge in [-0.25, -0.2) is 4.98 Å². The Balaban J connectivity index is 1.68. The summed E-state index contributed by atoms with van der Waals surface area (Å²) >= 11 is 1.84. The van der Waals surface area contributed by atoms with E-state index in [4.69, 9.17) is 9.72 Å². The van der Waals surface area contributed by atoms with Crippen molar-refractivity contribution in [2.24, 2.45) is 0 Å². The number of piperidine rings is 1. The summed E-state index contributed by atoms with van der Waals surface area (Å²) < 4.78 is 5.41. The van der Waals surface area contributed by atoms with E-state index in [1.54, 1.807) is 0 Å². The molecule has 17 heavy (non-hydrogen) atoms. The number of hydrogen-bond donors (Lipinski definition) is 1. The lowest BCUT2D eigenvalue weighted by atomic mass is 9.97. The Morgan fingerprint density at radius 3 is 2.88 bits per heavy atom. The number of nitrogens with zero attached hydrogens (tertiary/aromatic N) is 1. The maximum Gasteiger partial charge on any atom is 0.110 e. The molecule has 2 fully saturated rings. The van der Waals surface area contributed by atoms with Crippen molar-refractivity contribution in [1.29, 1.82) is 0 Å². The molecular weight excluding hydrogens is 232 g/mol. The highest BCUT2D eigenvalue weighted by molar-refractivity contribution is 7.09. The third-order valence-electron chi connectivity index (χ3n) is 3.79. The van der Waals surface area contributed by atoms with Crippen molar-refractivity contribution in [3.8, 4) is 0 Å². The molecule has 3 nitrogen and oxygen atoms in total. The van der Waals surface area contributed by atoms with Gasteiger partial charge in [0.15, 0.2) is 0 Å². The van der Waals surface area contributed by atoms with Crippen LogP contribution in [0.4, 0.5) is 0 Å². The van der Waals surface area contributed by atoms with E-state index in [0.717, 1.165) is 32.6 Å². The molecule has 1 atom stereocenters. The maximum atomic E-state index is 5.41. The van der Waals surface area contributed by atoms with Crippen molar-refractivity contribution < 1.29 is 4.74 Å². The van der Waals surface area contributed by atoms with Gasteiger partial charge in [0.05, 0.1) is 11.7 Å². The topological polar surface area (TPSA) is 34.2 Å². The average molecular weight is 252 g/mol. The lowest BCUT2D eigenvalue weighted by Crippen LogP contribution is -2.26. The van der Waals surface area contributed by atoms with E-state index < -0.39 is 0 Å². The Morgan fingerprint density at radius 2 is 2.12 bits per heavy atom. The Hall–Kier alpha value is -0.450. The molecular formula is C13H20N2OS. The number of thiazole rings is 1. The van der Waals surface area contributed by atoms with Gasteiger partial charge in [-0.1, -0.05) is 6.42 Å². The van der Waals surface area contributed by atoms with Crippen LogP contribution >= 0.6 is 11.3 Å². The number of ether oxygens (including phenoxy) is 1. The summed E-state index contributed by atoms with van der Waals surface area (Å²) in [4.78, 5) is 4.86. The molecule has 1 N–H and O–H groups in total. The van der Waals surface area contributed by atoms with Crippen molar-refractivity contribution in [1.82, 2.24) is 10.3 Å². The maximum absolute atomic E-state index is 5.41. The summed E-state index contributed by atoms with van der Waals surface area (Å²) in [6.45, 7) is 2.95. The fourth-order valence-corrected chi connectivity index (χ4v) is 3.71. The summed E-state index contributed by atoms with van der Waals surface area (Å²) in [5, 5.41) is 7.14. The van der Waals surface area contributed by atoms with Crippen molar-refractivity contribution >= 4 is 11.3 Å². The van der Waals surface area contributed by atoms with Crippen molar-refractivity contribution in [3.63, 3.8) is 0 Å². The third kappa shape index (κ3) is 2.69. The van der Waals surface area contributed by atoms with Crippen molar-refractivity contribution in [3.05, 3.63) is 16.1 Å². The number of rotatable bonds is 2. The first-order valence-electron chi connectivity index (χ1n) is 6.70. The molecule has 1 aromatic rings. The van der Waals surface area contributed by atoms with E-state index in [0.29, 0.717) is 12.0 Å². The summed E-state index contributed by atoms with van der Waals surface area (Å²) in [7, 11) is 0. The van der Waals surface area contributed by atoms with Crippen LogP contribution in [-0.2, 0) is 4.74 Å². The predicted molar refractivity (Wildman–Crippen MR) is 69.5 cm³/mol. The highest BCUT2D eigenvalue weighted by atomic mass is 32.1. The van der Waals surface area contributed by atoms with Crippen LogP contribution in [0, 0.1) is 0 Å². The fourth-order valence-electron chi connectivity index (χ4n) is 2.70. The largest absolute Gasteiger partial charge is 0.381 e. The Bertz CT molecular complexity index is 322. The zero-order valence-corrected chi connectivity index (χ0v) is 11.0. The zero-order chi connectivity index (χ0) is 11.5. The van der Waals surface area contributed by atoms with Crippen LogP contribution in [-0.4, -0.2) is 24.7 Å². The fraction of sp³-hybridized carbons (Fsp3) is 0.769. The van der Waals surface area contributed by atoms with E-state index >= 15 is 0 Å². The molecule has 0 aliphatic carbocycles. The Labute approximate surface area is 107 Å².